The number of pyridine rings is 1. The van der Waals surface area contributed by atoms with Crippen LogP contribution >= 0.6 is 0 Å². The van der Waals surface area contributed by atoms with Crippen LogP contribution in [0.15, 0.2) is 36.3 Å². The van der Waals surface area contributed by atoms with E-state index in [1.165, 1.54) is 0 Å². The number of aromatic nitrogens is 1. The van der Waals surface area contributed by atoms with Gasteiger partial charge >= 0.3 is 5.97 Å². The van der Waals surface area contributed by atoms with Crippen molar-refractivity contribution in [2.75, 3.05) is 0 Å². The van der Waals surface area contributed by atoms with Crippen molar-refractivity contribution in [3.8, 4) is 0 Å². The van der Waals surface area contributed by atoms with Crippen LogP contribution in [0.2, 0.25) is 0 Å². The van der Waals surface area contributed by atoms with Crippen LogP contribution in [-0.2, 0) is 4.79 Å². The molecule has 0 saturated heterocycles. The second-order valence-electron chi connectivity index (χ2n) is 3.48. The first-order chi connectivity index (χ1) is 7.27. The Morgan fingerprint density at radius 3 is 2.87 bits per heavy atom. The van der Waals surface area contributed by atoms with Gasteiger partial charge in [-0.05, 0) is 30.5 Å². The van der Waals surface area contributed by atoms with Crippen LogP contribution in [0.1, 0.15) is 24.4 Å². The number of nitrogens with one attached hydrogen (secondary N) is 1. The van der Waals surface area contributed by atoms with Gasteiger partial charge in [0.2, 0.25) is 0 Å². The largest absolute Gasteiger partial charge is 0.477 e. The lowest BCUT2D eigenvalue weighted by Gasteiger charge is -2.23. The molecule has 1 aromatic rings. The van der Waals surface area contributed by atoms with E-state index in [1.54, 1.807) is 18.5 Å². The summed E-state index contributed by atoms with van der Waals surface area (Å²) in [5.41, 5.74) is 1.37. The van der Waals surface area contributed by atoms with Crippen molar-refractivity contribution in [2.24, 2.45) is 0 Å². The predicted octanol–water partition coefficient (Wildman–Crippen LogP) is 1.47. The average molecular weight is 204 g/mol. The van der Waals surface area contributed by atoms with E-state index in [0.29, 0.717) is 5.70 Å². The molecule has 0 bridgehead atoms. The first kappa shape index (κ1) is 9.71. The highest BCUT2D eigenvalue weighted by Gasteiger charge is 2.19. The van der Waals surface area contributed by atoms with Gasteiger partial charge < -0.3 is 10.4 Å². The maximum absolute atomic E-state index is 10.8. The fraction of sp³-hybridized carbons (Fsp3) is 0.273. The van der Waals surface area contributed by atoms with Gasteiger partial charge in [-0.15, -0.1) is 0 Å². The Balaban J connectivity index is 2.15. The first-order valence-electron chi connectivity index (χ1n) is 4.87. The highest BCUT2D eigenvalue weighted by molar-refractivity contribution is 5.86. The summed E-state index contributed by atoms with van der Waals surface area (Å²) in [4.78, 5) is 14.7. The predicted molar refractivity (Wildman–Crippen MR) is 55.1 cm³/mol. The van der Waals surface area contributed by atoms with Crippen LogP contribution in [0, 0.1) is 0 Å². The van der Waals surface area contributed by atoms with E-state index in [4.69, 9.17) is 5.11 Å². The lowest BCUT2D eigenvalue weighted by atomic mass is 9.99. The highest BCUT2D eigenvalue weighted by Crippen LogP contribution is 2.23. The molecule has 0 spiro atoms. The maximum Gasteiger partial charge on any atom is 0.351 e. The van der Waals surface area contributed by atoms with Gasteiger partial charge in [0.1, 0.15) is 5.70 Å². The zero-order valence-corrected chi connectivity index (χ0v) is 8.18. The van der Waals surface area contributed by atoms with Gasteiger partial charge in [0.05, 0.1) is 6.04 Å². The summed E-state index contributed by atoms with van der Waals surface area (Å²) in [6.07, 6.45) is 6.87. The zero-order valence-electron chi connectivity index (χ0n) is 8.18. The lowest BCUT2D eigenvalue weighted by Crippen LogP contribution is -2.28. The van der Waals surface area contributed by atoms with E-state index >= 15 is 0 Å². The third-order valence-electron chi connectivity index (χ3n) is 2.47. The molecule has 4 nitrogen and oxygen atoms in total. The van der Waals surface area contributed by atoms with Crippen molar-refractivity contribution < 1.29 is 9.90 Å². The van der Waals surface area contributed by atoms with Crippen molar-refractivity contribution in [2.45, 2.75) is 18.9 Å². The summed E-state index contributed by atoms with van der Waals surface area (Å²) in [6, 6.07) is 3.90. The third kappa shape index (κ3) is 2.15. The number of carbonyl (C=O) groups is 1. The van der Waals surface area contributed by atoms with Gasteiger partial charge in [0, 0.05) is 12.4 Å². The molecular formula is C11H12N2O2. The highest BCUT2D eigenvalue weighted by atomic mass is 16.4. The number of aliphatic carboxylic acids is 1. The molecule has 4 heteroatoms. The molecule has 2 N–H and O–H groups in total. The fourth-order valence-corrected chi connectivity index (χ4v) is 1.71. The minimum absolute atomic E-state index is 0.0871. The Kier molecular flexibility index (Phi) is 2.67. The van der Waals surface area contributed by atoms with Gasteiger partial charge in [0.25, 0.3) is 0 Å². The van der Waals surface area contributed by atoms with Crippen molar-refractivity contribution in [3.05, 3.63) is 41.9 Å². The number of nitrogens with zero attached hydrogens (tertiary/aromatic N) is 1. The van der Waals surface area contributed by atoms with Crippen LogP contribution in [0.25, 0.3) is 0 Å². The summed E-state index contributed by atoms with van der Waals surface area (Å²) < 4.78 is 0. The Morgan fingerprint density at radius 1 is 1.47 bits per heavy atom. The summed E-state index contributed by atoms with van der Waals surface area (Å²) in [5, 5.41) is 11.9. The summed E-state index contributed by atoms with van der Waals surface area (Å²) in [7, 11) is 0. The summed E-state index contributed by atoms with van der Waals surface area (Å²) >= 11 is 0. The molecule has 2 heterocycles. The minimum Gasteiger partial charge on any atom is -0.477 e. The molecule has 1 aliphatic rings. The van der Waals surface area contributed by atoms with Crippen LogP contribution in [-0.4, -0.2) is 16.1 Å². The van der Waals surface area contributed by atoms with E-state index in [0.717, 1.165) is 18.4 Å². The van der Waals surface area contributed by atoms with Crippen molar-refractivity contribution in [1.82, 2.24) is 10.3 Å². The standard InChI is InChI=1S/C11H12N2O2/c14-11(15)10-3-1-2-9(13-10)8-4-6-12-7-5-8/h3-7,9,13H,1-2H2,(H,14,15). The van der Waals surface area contributed by atoms with Gasteiger partial charge in [-0.3, -0.25) is 4.98 Å². The van der Waals surface area contributed by atoms with Crippen molar-refractivity contribution in [1.29, 1.82) is 0 Å². The number of hydrogen-bond acceptors (Lipinski definition) is 3. The van der Waals surface area contributed by atoms with Gasteiger partial charge in [0.15, 0.2) is 0 Å². The third-order valence-corrected chi connectivity index (χ3v) is 2.47. The molecule has 0 amide bonds. The minimum atomic E-state index is -0.895. The molecule has 15 heavy (non-hydrogen) atoms. The smallest absolute Gasteiger partial charge is 0.351 e. The second kappa shape index (κ2) is 4.13. The van der Waals surface area contributed by atoms with E-state index in [9.17, 15) is 4.79 Å². The molecule has 0 aromatic carbocycles. The van der Waals surface area contributed by atoms with Gasteiger partial charge in [-0.1, -0.05) is 6.08 Å². The summed E-state index contributed by atoms with van der Waals surface area (Å²) in [6.45, 7) is 0. The zero-order chi connectivity index (χ0) is 10.7. The lowest BCUT2D eigenvalue weighted by molar-refractivity contribution is -0.133. The summed E-state index contributed by atoms with van der Waals surface area (Å²) in [5.74, 6) is -0.895. The normalized spacial score (nSPS) is 20.3. The molecule has 1 unspecified atom stereocenters. The van der Waals surface area contributed by atoms with Gasteiger partial charge in [-0.2, -0.15) is 0 Å². The number of rotatable bonds is 2. The SMILES string of the molecule is O=C(O)C1=CCCC(c2ccncc2)N1. The monoisotopic (exact) mass is 204 g/mol. The molecule has 0 saturated carbocycles. The number of hydrogen-bond donors (Lipinski definition) is 2. The molecule has 2 rings (SSSR count). The Labute approximate surface area is 87.7 Å². The van der Waals surface area contributed by atoms with E-state index in [-0.39, 0.29) is 6.04 Å². The molecular weight excluding hydrogens is 192 g/mol. The quantitative estimate of drug-likeness (QED) is 0.765. The number of carboxylic acids is 1. The molecule has 0 fully saturated rings. The second-order valence-corrected chi connectivity index (χ2v) is 3.48. The van der Waals surface area contributed by atoms with Crippen LogP contribution in [0.5, 0.6) is 0 Å². The van der Waals surface area contributed by atoms with E-state index in [2.05, 4.69) is 10.3 Å². The Bertz CT molecular complexity index is 387. The van der Waals surface area contributed by atoms with Crippen molar-refractivity contribution >= 4 is 5.97 Å². The number of allylic oxidation sites excluding steroid dienone is 1. The molecule has 78 valence electrons. The maximum atomic E-state index is 10.8. The molecule has 0 radical (unpaired) electrons. The topological polar surface area (TPSA) is 62.2 Å². The van der Waals surface area contributed by atoms with Crippen LogP contribution in [0.4, 0.5) is 0 Å². The molecule has 1 aromatic heterocycles. The first-order valence-corrected chi connectivity index (χ1v) is 4.87. The average Bonchev–Trinajstić information content (AvgIpc) is 2.30. The van der Waals surface area contributed by atoms with E-state index in [1.807, 2.05) is 12.1 Å². The molecule has 1 atom stereocenters. The van der Waals surface area contributed by atoms with Crippen LogP contribution in [0.3, 0.4) is 0 Å². The van der Waals surface area contributed by atoms with Crippen LogP contribution < -0.4 is 5.32 Å². The van der Waals surface area contributed by atoms with Crippen molar-refractivity contribution in [3.63, 3.8) is 0 Å². The molecule has 1 aliphatic heterocycles. The number of carboxylic acid groups (broad SMARTS) is 1. The van der Waals surface area contributed by atoms with Gasteiger partial charge in [-0.25, -0.2) is 4.79 Å². The Morgan fingerprint density at radius 2 is 2.20 bits per heavy atom. The van der Waals surface area contributed by atoms with E-state index < -0.39 is 5.97 Å². The molecule has 0 aliphatic carbocycles. The Hall–Kier alpha value is -1.84. The fourth-order valence-electron chi connectivity index (χ4n) is 1.71.